The van der Waals surface area contributed by atoms with Crippen molar-refractivity contribution in [3.05, 3.63) is 47.0 Å². The molecule has 10 heteroatoms. The molecular formula is C22H26ArN2O6S. The molecule has 0 radical (unpaired) electrons. The van der Waals surface area contributed by atoms with Crippen LogP contribution in [-0.2, 0) is 23.8 Å². The number of anilines is 1. The van der Waals surface area contributed by atoms with E-state index in [1.807, 2.05) is 19.9 Å². The van der Waals surface area contributed by atoms with Crippen LogP contribution in [0.15, 0.2) is 36.5 Å². The summed E-state index contributed by atoms with van der Waals surface area (Å²) in [6, 6.07) is 8.95. The van der Waals surface area contributed by atoms with Gasteiger partial charge in [-0.25, -0.2) is 4.98 Å². The molecule has 2 unspecified atom stereocenters. The molecule has 2 heterocycles. The summed E-state index contributed by atoms with van der Waals surface area (Å²) in [5, 5.41) is 3.61. The van der Waals surface area contributed by atoms with Crippen LogP contribution in [0.3, 0.4) is 0 Å². The number of carbonyl (C=O) groups is 3. The molecule has 1 fully saturated rings. The van der Waals surface area contributed by atoms with E-state index in [1.165, 1.54) is 31.4 Å². The van der Waals surface area contributed by atoms with Crippen molar-refractivity contribution in [2.75, 3.05) is 11.9 Å². The molecule has 0 spiro atoms. The maximum Gasteiger partial charge on any atom is 0.303 e. The summed E-state index contributed by atoms with van der Waals surface area (Å²) in [5.41, 5.74) is 0.577. The minimum absolute atomic E-state index is 0. The minimum Gasteiger partial charge on any atom is -0.463 e. The third-order valence-corrected chi connectivity index (χ3v) is 6.27. The van der Waals surface area contributed by atoms with Crippen LogP contribution in [0.4, 0.5) is 5.13 Å². The number of hydrogen-bond acceptors (Lipinski definition) is 9. The first-order valence-corrected chi connectivity index (χ1v) is 10.9. The Labute approximate surface area is 221 Å². The zero-order chi connectivity index (χ0) is 22.5. The van der Waals surface area contributed by atoms with Crippen LogP contribution in [0.2, 0.25) is 0 Å². The number of ketones is 1. The summed E-state index contributed by atoms with van der Waals surface area (Å²) in [7, 11) is 0. The fourth-order valence-electron chi connectivity index (χ4n) is 3.47. The third-order valence-electron chi connectivity index (χ3n) is 5.34. The van der Waals surface area contributed by atoms with Crippen LogP contribution >= 0.6 is 11.3 Å². The predicted molar refractivity (Wildman–Crippen MR) is 115 cm³/mol. The molecule has 8 nitrogen and oxygen atoms in total. The summed E-state index contributed by atoms with van der Waals surface area (Å²) < 4.78 is 16.8. The Balaban J connectivity index is 0.00000363. The third kappa shape index (κ3) is 6.74. The van der Waals surface area contributed by atoms with E-state index in [4.69, 9.17) is 14.2 Å². The second-order valence-corrected chi connectivity index (χ2v) is 8.59. The minimum atomic E-state index is -0.707. The molecule has 2 aromatic rings. The van der Waals surface area contributed by atoms with Crippen LogP contribution in [0.5, 0.6) is 0 Å². The Bertz CT molecular complexity index is 936. The molecule has 1 aliphatic heterocycles. The van der Waals surface area contributed by atoms with E-state index in [9.17, 15) is 14.4 Å². The Kier molecular flexibility index (Phi) is 10.1. The number of thiazole rings is 1. The van der Waals surface area contributed by atoms with Crippen molar-refractivity contribution in [1.29, 1.82) is 0 Å². The van der Waals surface area contributed by atoms with E-state index in [2.05, 4.69) is 10.3 Å². The van der Waals surface area contributed by atoms with Gasteiger partial charge in [0.2, 0.25) is 5.78 Å². The average Bonchev–Trinajstić information content (AvgIpc) is 3.20. The number of nitrogens with one attached hydrogen (secondary N) is 1. The first-order valence-electron chi connectivity index (χ1n) is 10.0. The molecule has 1 aromatic heterocycles. The maximum absolute atomic E-state index is 12.7. The van der Waals surface area contributed by atoms with E-state index in [0.29, 0.717) is 15.6 Å². The number of carbonyl (C=O) groups excluding carboxylic acids is 3. The number of ether oxygens (including phenoxy) is 3. The standard InChI is InChI=1S/C22H26N2O6S.Ar/c1-12-13(2)20(29-15(4)26)21(30-17(12)11-28-14(3)25)24-22-23-10-18(31-22)19(27)16-8-6-5-7-9-16;/h5-10,12-13,17,20-21H,11H2,1-4H3,(H,23,24);/t12-,13-,17?,20?,21-;/m0./s1. The summed E-state index contributed by atoms with van der Waals surface area (Å²) in [6.45, 7) is 6.71. The summed E-state index contributed by atoms with van der Waals surface area (Å²) in [5.74, 6) is -1.02. The number of rotatable bonds is 7. The summed E-state index contributed by atoms with van der Waals surface area (Å²) in [4.78, 5) is 40.3. The number of benzene rings is 1. The van der Waals surface area contributed by atoms with Crippen molar-refractivity contribution in [3.63, 3.8) is 0 Å². The fraction of sp³-hybridized carbons (Fsp3) is 0.455. The van der Waals surface area contributed by atoms with Crippen molar-refractivity contribution >= 4 is 34.2 Å². The summed E-state index contributed by atoms with van der Waals surface area (Å²) in [6.07, 6.45) is -0.151. The quantitative estimate of drug-likeness (QED) is 0.470. The molecule has 1 aromatic carbocycles. The van der Waals surface area contributed by atoms with Crippen LogP contribution in [-0.4, -0.2) is 47.7 Å². The summed E-state index contributed by atoms with van der Waals surface area (Å²) >= 11 is 1.19. The first kappa shape index (κ1) is 26.7. The van der Waals surface area contributed by atoms with Gasteiger partial charge in [0.25, 0.3) is 0 Å². The van der Waals surface area contributed by atoms with Crippen molar-refractivity contribution in [2.45, 2.75) is 46.1 Å². The maximum atomic E-state index is 12.7. The average molecular weight is 486 g/mol. The molecule has 0 aliphatic carbocycles. The van der Waals surface area contributed by atoms with Gasteiger partial charge in [0, 0.05) is 63.1 Å². The normalized spacial score (nSPS) is 24.7. The monoisotopic (exact) mass is 486 g/mol. The zero-order valence-electron chi connectivity index (χ0n) is 18.2. The number of aromatic nitrogens is 1. The van der Waals surface area contributed by atoms with Crippen molar-refractivity contribution in [3.8, 4) is 0 Å². The molecule has 1 saturated heterocycles. The SMILES string of the molecule is CC(=O)OCC1O[C@H](Nc2ncc(C(=O)c3ccccc3)s2)C(OC(C)=O)[C@@H](C)[C@@H]1C.[Ar]. The van der Waals surface area contributed by atoms with Gasteiger partial charge in [-0.05, 0) is 5.92 Å². The van der Waals surface area contributed by atoms with Crippen LogP contribution in [0.1, 0.15) is 42.9 Å². The van der Waals surface area contributed by atoms with Gasteiger partial charge in [0.1, 0.15) is 12.7 Å². The van der Waals surface area contributed by atoms with E-state index in [1.54, 1.807) is 24.3 Å². The van der Waals surface area contributed by atoms with Gasteiger partial charge in [-0.3, -0.25) is 14.4 Å². The van der Waals surface area contributed by atoms with E-state index < -0.39 is 18.3 Å². The first-order chi connectivity index (χ1) is 14.8. The zero-order valence-corrected chi connectivity index (χ0v) is 19.7. The fourth-order valence-corrected chi connectivity index (χ4v) is 4.27. The number of nitrogens with zero attached hydrogens (tertiary/aromatic N) is 1. The Morgan fingerprint density at radius 2 is 1.78 bits per heavy atom. The van der Waals surface area contributed by atoms with Crippen molar-refractivity contribution in [2.24, 2.45) is 11.8 Å². The van der Waals surface area contributed by atoms with Gasteiger partial charge in [-0.15, -0.1) is 0 Å². The molecular weight excluding hydrogens is 460 g/mol. The van der Waals surface area contributed by atoms with Crippen molar-refractivity contribution in [1.82, 2.24) is 4.98 Å². The van der Waals surface area contributed by atoms with Crippen LogP contribution < -0.4 is 5.32 Å². The Morgan fingerprint density at radius 3 is 2.41 bits per heavy atom. The van der Waals surface area contributed by atoms with Gasteiger partial charge >= 0.3 is 11.9 Å². The molecule has 5 atom stereocenters. The van der Waals surface area contributed by atoms with Crippen LogP contribution in [0.25, 0.3) is 0 Å². The van der Waals surface area contributed by atoms with Gasteiger partial charge in [-0.2, -0.15) is 0 Å². The van der Waals surface area contributed by atoms with Crippen LogP contribution in [0, 0.1) is 49.6 Å². The number of esters is 2. The molecule has 1 N–H and O–H groups in total. The topological polar surface area (TPSA) is 104 Å². The Morgan fingerprint density at radius 1 is 1.09 bits per heavy atom. The van der Waals surface area contributed by atoms with Gasteiger partial charge in [0.15, 0.2) is 11.4 Å². The number of hydrogen-bond donors (Lipinski definition) is 1. The van der Waals surface area contributed by atoms with E-state index in [0.717, 1.165) is 0 Å². The molecule has 0 saturated carbocycles. The smallest absolute Gasteiger partial charge is 0.303 e. The molecule has 174 valence electrons. The van der Waals surface area contributed by atoms with Gasteiger partial charge in [-0.1, -0.05) is 55.5 Å². The molecule has 3 rings (SSSR count). The molecule has 0 bridgehead atoms. The predicted octanol–water partition coefficient (Wildman–Crippen LogP) is 3.28. The van der Waals surface area contributed by atoms with E-state index >= 15 is 0 Å². The second kappa shape index (κ2) is 12.1. The van der Waals surface area contributed by atoms with Gasteiger partial charge in [0.05, 0.1) is 17.2 Å². The molecule has 1 aliphatic rings. The van der Waals surface area contributed by atoms with Crippen molar-refractivity contribution < 1.29 is 66.3 Å². The molecule has 0 amide bonds. The Hall–Kier alpha value is -1.52. The van der Waals surface area contributed by atoms with E-state index in [-0.39, 0.29) is 74.0 Å². The second-order valence-electron chi connectivity index (χ2n) is 7.56. The largest absolute Gasteiger partial charge is 0.463 e. The van der Waals surface area contributed by atoms with Gasteiger partial charge < -0.3 is 19.5 Å². The molecule has 32 heavy (non-hydrogen) atoms.